The van der Waals surface area contributed by atoms with Crippen molar-refractivity contribution in [3.8, 4) is 0 Å². The van der Waals surface area contributed by atoms with Crippen LogP contribution in [0.5, 0.6) is 0 Å². The highest BCUT2D eigenvalue weighted by Crippen LogP contribution is 2.26. The molecule has 1 fully saturated rings. The lowest BCUT2D eigenvalue weighted by molar-refractivity contribution is -0.140. The molecule has 9 heteroatoms. The molecule has 0 saturated carbocycles. The van der Waals surface area contributed by atoms with Gasteiger partial charge in [0.2, 0.25) is 10.0 Å². The minimum Gasteiger partial charge on any atom is -0.449 e. The Balaban J connectivity index is 1.39. The van der Waals surface area contributed by atoms with Crippen molar-refractivity contribution in [1.82, 2.24) is 9.21 Å². The van der Waals surface area contributed by atoms with E-state index in [1.165, 1.54) is 33.4 Å². The van der Waals surface area contributed by atoms with Gasteiger partial charge in [0, 0.05) is 30.6 Å². The zero-order valence-electron chi connectivity index (χ0n) is 18.3. The van der Waals surface area contributed by atoms with E-state index in [9.17, 15) is 18.0 Å². The van der Waals surface area contributed by atoms with Crippen molar-refractivity contribution >= 4 is 33.2 Å². The molecule has 3 heterocycles. The maximum Gasteiger partial charge on any atom is 0.338 e. The van der Waals surface area contributed by atoms with Crippen molar-refractivity contribution in [3.63, 3.8) is 0 Å². The number of fused-ring (bicyclic) bond motifs is 1. The number of ether oxygens (including phenoxy) is 1. The van der Waals surface area contributed by atoms with Crippen molar-refractivity contribution < 1.29 is 22.7 Å². The summed E-state index contributed by atoms with van der Waals surface area (Å²) in [4.78, 5) is 28.5. The summed E-state index contributed by atoms with van der Waals surface area (Å²) in [6.07, 6.45) is 2.62. The normalized spacial score (nSPS) is 20.4. The van der Waals surface area contributed by atoms with Crippen LogP contribution in [0.15, 0.2) is 40.6 Å². The van der Waals surface area contributed by atoms with Crippen LogP contribution in [0.2, 0.25) is 0 Å². The summed E-state index contributed by atoms with van der Waals surface area (Å²) in [5.41, 5.74) is 1.36. The van der Waals surface area contributed by atoms with E-state index in [1.54, 1.807) is 23.2 Å². The van der Waals surface area contributed by atoms with Crippen molar-refractivity contribution in [1.29, 1.82) is 0 Å². The average molecular weight is 477 g/mol. The Labute approximate surface area is 193 Å². The van der Waals surface area contributed by atoms with Crippen LogP contribution in [0, 0.1) is 0 Å². The number of sulfonamides is 1. The summed E-state index contributed by atoms with van der Waals surface area (Å²) in [6, 6.07) is 7.74. The molecule has 0 bridgehead atoms. The van der Waals surface area contributed by atoms with Gasteiger partial charge in [0.1, 0.15) is 0 Å². The molecule has 1 saturated heterocycles. The Bertz CT molecular complexity index is 1090. The van der Waals surface area contributed by atoms with Gasteiger partial charge < -0.3 is 9.64 Å². The van der Waals surface area contributed by atoms with Crippen LogP contribution in [0.3, 0.4) is 0 Å². The Morgan fingerprint density at radius 1 is 1.12 bits per heavy atom. The molecular weight excluding hydrogens is 448 g/mol. The standard InChI is InChI=1S/C23H28N2O5S2/c1-16-5-3-4-12-25(16)32(28,29)20-8-6-18(7-9-20)23(27)30-17(2)22(26)24-13-10-21-19(15-24)11-14-31-21/h6-9,11,14,16-17H,3-5,10,12-13,15H2,1-2H3. The summed E-state index contributed by atoms with van der Waals surface area (Å²) < 4.78 is 32.8. The molecule has 0 spiro atoms. The summed E-state index contributed by atoms with van der Waals surface area (Å²) in [6.45, 7) is 5.13. The van der Waals surface area contributed by atoms with E-state index >= 15 is 0 Å². The largest absolute Gasteiger partial charge is 0.449 e. The van der Waals surface area contributed by atoms with Crippen molar-refractivity contribution in [3.05, 3.63) is 51.7 Å². The highest BCUT2D eigenvalue weighted by molar-refractivity contribution is 7.89. The van der Waals surface area contributed by atoms with Gasteiger partial charge in [0.15, 0.2) is 6.10 Å². The van der Waals surface area contributed by atoms with Crippen LogP contribution in [0.1, 0.15) is 53.9 Å². The lowest BCUT2D eigenvalue weighted by Gasteiger charge is -2.32. The van der Waals surface area contributed by atoms with Gasteiger partial charge in [-0.15, -0.1) is 11.3 Å². The monoisotopic (exact) mass is 476 g/mol. The molecule has 1 aromatic carbocycles. The fourth-order valence-electron chi connectivity index (χ4n) is 4.30. The minimum absolute atomic E-state index is 0.0369. The van der Waals surface area contributed by atoms with Crippen LogP contribution in [0.25, 0.3) is 0 Å². The SMILES string of the molecule is CC(OC(=O)c1ccc(S(=O)(=O)N2CCCCC2C)cc1)C(=O)N1CCc2sccc2C1. The Morgan fingerprint density at radius 2 is 1.88 bits per heavy atom. The van der Waals surface area contributed by atoms with Gasteiger partial charge in [0.05, 0.1) is 10.5 Å². The quantitative estimate of drug-likeness (QED) is 0.618. The Hall–Kier alpha value is -2.23. The number of piperidine rings is 1. The molecule has 0 radical (unpaired) electrons. The number of benzene rings is 1. The van der Waals surface area contributed by atoms with E-state index in [4.69, 9.17) is 4.74 Å². The maximum atomic E-state index is 12.9. The second kappa shape index (κ2) is 9.33. The molecule has 1 amide bonds. The van der Waals surface area contributed by atoms with Crippen molar-refractivity contribution in [2.24, 2.45) is 0 Å². The Morgan fingerprint density at radius 3 is 2.59 bits per heavy atom. The number of esters is 1. The van der Waals surface area contributed by atoms with Crippen molar-refractivity contribution in [2.45, 2.75) is 63.1 Å². The minimum atomic E-state index is -3.60. The number of thiophene rings is 1. The van der Waals surface area contributed by atoms with Gasteiger partial charge in [-0.3, -0.25) is 4.79 Å². The molecule has 4 rings (SSSR count). The average Bonchev–Trinajstić information content (AvgIpc) is 3.26. The van der Waals surface area contributed by atoms with E-state index in [0.29, 0.717) is 19.6 Å². The van der Waals surface area contributed by atoms with E-state index in [0.717, 1.165) is 31.2 Å². The fourth-order valence-corrected chi connectivity index (χ4v) is 6.89. The molecule has 1 aromatic heterocycles. The summed E-state index contributed by atoms with van der Waals surface area (Å²) in [7, 11) is -3.60. The van der Waals surface area contributed by atoms with E-state index in [1.807, 2.05) is 18.4 Å². The van der Waals surface area contributed by atoms with E-state index in [2.05, 4.69) is 0 Å². The third-order valence-electron chi connectivity index (χ3n) is 6.19. The smallest absolute Gasteiger partial charge is 0.338 e. The number of nitrogens with zero attached hydrogens (tertiary/aromatic N) is 2. The van der Waals surface area contributed by atoms with Gasteiger partial charge in [-0.05, 0) is 74.4 Å². The highest BCUT2D eigenvalue weighted by atomic mass is 32.2. The van der Waals surface area contributed by atoms with Crippen molar-refractivity contribution in [2.75, 3.05) is 13.1 Å². The van der Waals surface area contributed by atoms with Crippen LogP contribution < -0.4 is 0 Å². The third kappa shape index (κ3) is 4.60. The summed E-state index contributed by atoms with van der Waals surface area (Å²) in [5, 5.41) is 2.03. The van der Waals surface area contributed by atoms with E-state index in [-0.39, 0.29) is 22.4 Å². The second-order valence-corrected chi connectivity index (χ2v) is 11.3. The first-order chi connectivity index (χ1) is 15.3. The van der Waals surface area contributed by atoms with Gasteiger partial charge >= 0.3 is 5.97 Å². The van der Waals surface area contributed by atoms with Crippen LogP contribution in [0.4, 0.5) is 0 Å². The summed E-state index contributed by atoms with van der Waals surface area (Å²) in [5.74, 6) is -0.872. The highest BCUT2D eigenvalue weighted by Gasteiger charge is 2.31. The molecular formula is C23H28N2O5S2. The van der Waals surface area contributed by atoms with Crippen LogP contribution in [-0.4, -0.2) is 54.7 Å². The predicted molar refractivity (Wildman–Crippen MR) is 122 cm³/mol. The molecule has 2 atom stereocenters. The lowest BCUT2D eigenvalue weighted by atomic mass is 10.1. The number of hydrogen-bond acceptors (Lipinski definition) is 6. The van der Waals surface area contributed by atoms with Gasteiger partial charge in [-0.1, -0.05) is 6.42 Å². The lowest BCUT2D eigenvalue weighted by Crippen LogP contribution is -2.42. The molecule has 2 aliphatic heterocycles. The van der Waals surface area contributed by atoms with Gasteiger partial charge in [-0.25, -0.2) is 13.2 Å². The van der Waals surface area contributed by atoms with Gasteiger partial charge in [-0.2, -0.15) is 4.31 Å². The zero-order chi connectivity index (χ0) is 22.9. The number of hydrogen-bond donors (Lipinski definition) is 0. The van der Waals surface area contributed by atoms with Gasteiger partial charge in [0.25, 0.3) is 5.91 Å². The first-order valence-electron chi connectivity index (χ1n) is 10.9. The third-order valence-corrected chi connectivity index (χ3v) is 9.24. The van der Waals surface area contributed by atoms with E-state index < -0.39 is 22.1 Å². The number of rotatable bonds is 5. The molecule has 7 nitrogen and oxygen atoms in total. The molecule has 32 heavy (non-hydrogen) atoms. The van der Waals surface area contributed by atoms with Crippen LogP contribution in [-0.2, 0) is 32.5 Å². The molecule has 172 valence electrons. The molecule has 2 aromatic rings. The topological polar surface area (TPSA) is 84.0 Å². The first kappa shape index (κ1) is 22.9. The second-order valence-electron chi connectivity index (χ2n) is 8.41. The maximum absolute atomic E-state index is 12.9. The molecule has 0 N–H and O–H groups in total. The zero-order valence-corrected chi connectivity index (χ0v) is 20.0. The number of amides is 1. The molecule has 2 unspecified atom stereocenters. The first-order valence-corrected chi connectivity index (χ1v) is 13.3. The number of carbonyl (C=O) groups is 2. The molecule has 2 aliphatic rings. The predicted octanol–water partition coefficient (Wildman–Crippen LogP) is 3.44. The number of carbonyl (C=O) groups excluding carboxylic acids is 2. The molecule has 0 aliphatic carbocycles. The summed E-state index contributed by atoms with van der Waals surface area (Å²) >= 11 is 1.70. The van der Waals surface area contributed by atoms with Crippen LogP contribution >= 0.6 is 11.3 Å². The fraction of sp³-hybridized carbons (Fsp3) is 0.478. The Kier molecular flexibility index (Phi) is 6.69.